The van der Waals surface area contributed by atoms with E-state index in [0.717, 1.165) is 5.56 Å². The maximum Gasteiger partial charge on any atom is 0.299 e. The summed E-state index contributed by atoms with van der Waals surface area (Å²) in [6.07, 6.45) is 3.31. The Morgan fingerprint density at radius 3 is 3.05 bits per heavy atom. The van der Waals surface area contributed by atoms with E-state index in [2.05, 4.69) is 10.3 Å². The number of hydrogen-bond donors (Lipinski definition) is 1. The highest BCUT2D eigenvalue weighted by Gasteiger charge is 2.09. The van der Waals surface area contributed by atoms with Gasteiger partial charge in [-0.05, 0) is 29.8 Å². The smallest absolute Gasteiger partial charge is 0.299 e. The first-order chi connectivity index (χ1) is 10.3. The van der Waals surface area contributed by atoms with Crippen molar-refractivity contribution in [1.82, 2.24) is 9.38 Å². The zero-order valence-electron chi connectivity index (χ0n) is 11.0. The molecule has 0 spiro atoms. The Kier molecular flexibility index (Phi) is 3.51. The predicted molar refractivity (Wildman–Crippen MR) is 75.6 cm³/mol. The molecule has 5 nitrogen and oxygen atoms in total. The number of nitrogens with zero attached hydrogens (tertiary/aromatic N) is 2. The van der Waals surface area contributed by atoms with Crippen molar-refractivity contribution in [2.24, 2.45) is 0 Å². The summed E-state index contributed by atoms with van der Waals surface area (Å²) in [7, 11) is 0. The van der Waals surface area contributed by atoms with Crippen molar-refractivity contribution in [3.63, 3.8) is 0 Å². The number of hydrogen-bond acceptors (Lipinski definition) is 4. The molecule has 2 aromatic heterocycles. The average molecular weight is 285 g/mol. The number of ether oxygens (including phenoxy) is 1. The third kappa shape index (κ3) is 2.69. The number of anilines is 1. The molecule has 0 fully saturated rings. The van der Waals surface area contributed by atoms with Gasteiger partial charge in [-0.3, -0.25) is 9.20 Å². The highest BCUT2D eigenvalue weighted by Crippen LogP contribution is 2.26. The van der Waals surface area contributed by atoms with Crippen LogP contribution in [-0.2, 0) is 11.3 Å². The van der Waals surface area contributed by atoms with Gasteiger partial charge in [-0.1, -0.05) is 12.1 Å². The molecule has 1 N–H and O–H groups in total. The van der Waals surface area contributed by atoms with E-state index in [1.165, 1.54) is 12.1 Å². The molecule has 0 atom stereocenters. The first-order valence-corrected chi connectivity index (χ1v) is 6.32. The monoisotopic (exact) mass is 285 g/mol. The van der Waals surface area contributed by atoms with Crippen LogP contribution >= 0.6 is 0 Å². The molecule has 0 aliphatic rings. The molecule has 0 unspecified atom stereocenters. The molecule has 3 aromatic rings. The van der Waals surface area contributed by atoms with Gasteiger partial charge < -0.3 is 10.1 Å². The fraction of sp³-hybridized carbons (Fsp3) is 0.0667. The number of nitrogens with one attached hydrogen (secondary N) is 1. The van der Waals surface area contributed by atoms with E-state index in [1.807, 2.05) is 6.07 Å². The quantitative estimate of drug-likeness (QED) is 0.732. The molecule has 2 heterocycles. The number of fused-ring (bicyclic) bond motifs is 1. The summed E-state index contributed by atoms with van der Waals surface area (Å²) in [5.41, 5.74) is 2.08. The van der Waals surface area contributed by atoms with Gasteiger partial charge >= 0.3 is 0 Å². The van der Waals surface area contributed by atoms with Gasteiger partial charge in [-0.25, -0.2) is 9.37 Å². The number of halogens is 1. The molecule has 21 heavy (non-hydrogen) atoms. The van der Waals surface area contributed by atoms with Gasteiger partial charge in [0.25, 0.3) is 6.47 Å². The Hall–Kier alpha value is -2.89. The number of pyridine rings is 1. The highest BCUT2D eigenvalue weighted by atomic mass is 19.1. The first-order valence-electron chi connectivity index (χ1n) is 6.32. The van der Waals surface area contributed by atoms with Gasteiger partial charge in [0.1, 0.15) is 11.5 Å². The summed E-state index contributed by atoms with van der Waals surface area (Å²) < 4.78 is 19.8. The van der Waals surface area contributed by atoms with Crippen molar-refractivity contribution in [3.8, 4) is 5.88 Å². The van der Waals surface area contributed by atoms with Crippen LogP contribution in [-0.4, -0.2) is 15.9 Å². The van der Waals surface area contributed by atoms with Crippen molar-refractivity contribution < 1.29 is 13.9 Å². The number of benzene rings is 1. The molecule has 106 valence electrons. The summed E-state index contributed by atoms with van der Waals surface area (Å²) in [6.45, 7) is 0.773. The van der Waals surface area contributed by atoms with Crippen LogP contribution < -0.4 is 10.1 Å². The van der Waals surface area contributed by atoms with E-state index in [4.69, 9.17) is 4.74 Å². The summed E-state index contributed by atoms with van der Waals surface area (Å²) in [6, 6.07) is 9.86. The molecule has 0 aliphatic heterocycles. The lowest BCUT2D eigenvalue weighted by Gasteiger charge is -2.12. The maximum absolute atomic E-state index is 13.1. The number of carbonyl (C=O) groups is 1. The van der Waals surface area contributed by atoms with Gasteiger partial charge in [0.15, 0.2) is 0 Å². The molecule has 0 amide bonds. The topological polar surface area (TPSA) is 55.6 Å². The molecule has 0 aliphatic carbocycles. The van der Waals surface area contributed by atoms with Crippen LogP contribution in [0.5, 0.6) is 5.88 Å². The minimum Gasteiger partial charge on any atom is -0.409 e. The number of carbonyl (C=O) groups excluding carboxylic acids is 1. The molecular weight excluding hydrogens is 273 g/mol. The van der Waals surface area contributed by atoms with Crippen LogP contribution in [0, 0.1) is 5.82 Å². The lowest BCUT2D eigenvalue weighted by atomic mass is 10.2. The van der Waals surface area contributed by atoms with E-state index >= 15 is 0 Å². The molecule has 0 bridgehead atoms. The van der Waals surface area contributed by atoms with Crippen LogP contribution in [0.1, 0.15) is 5.56 Å². The standard InChI is InChI=1S/C15H12FN3O2/c16-12-3-1-2-11(8-12)9-18-13-4-5-14-17-6-7-19(14)15(13)21-10-20/h1-8,10,18H,9H2. The average Bonchev–Trinajstić information content (AvgIpc) is 2.95. The Balaban J connectivity index is 1.89. The van der Waals surface area contributed by atoms with Crippen molar-refractivity contribution >= 4 is 17.8 Å². The molecule has 3 rings (SSSR count). The lowest BCUT2D eigenvalue weighted by Crippen LogP contribution is -2.05. The van der Waals surface area contributed by atoms with E-state index < -0.39 is 0 Å². The third-order valence-corrected chi connectivity index (χ3v) is 3.05. The van der Waals surface area contributed by atoms with Crippen LogP contribution in [0.2, 0.25) is 0 Å². The third-order valence-electron chi connectivity index (χ3n) is 3.05. The largest absolute Gasteiger partial charge is 0.409 e. The highest BCUT2D eigenvalue weighted by molar-refractivity contribution is 5.63. The second-order valence-electron chi connectivity index (χ2n) is 4.41. The molecular formula is C15H12FN3O2. The maximum atomic E-state index is 13.1. The summed E-state index contributed by atoms with van der Waals surface area (Å²) >= 11 is 0. The number of aromatic nitrogens is 2. The van der Waals surface area contributed by atoms with E-state index in [1.54, 1.807) is 35.0 Å². The Morgan fingerprint density at radius 2 is 2.24 bits per heavy atom. The van der Waals surface area contributed by atoms with Crippen molar-refractivity contribution in [2.45, 2.75) is 6.54 Å². The minimum absolute atomic E-state index is 0.288. The fourth-order valence-electron chi connectivity index (χ4n) is 2.11. The molecule has 0 saturated carbocycles. The zero-order valence-corrected chi connectivity index (χ0v) is 11.0. The van der Waals surface area contributed by atoms with Crippen LogP contribution in [0.4, 0.5) is 10.1 Å². The van der Waals surface area contributed by atoms with Crippen LogP contribution in [0.15, 0.2) is 48.8 Å². The van der Waals surface area contributed by atoms with Gasteiger partial charge in [-0.15, -0.1) is 0 Å². The molecule has 0 radical (unpaired) electrons. The van der Waals surface area contributed by atoms with Crippen molar-refractivity contribution in [3.05, 3.63) is 60.2 Å². The van der Waals surface area contributed by atoms with E-state index in [-0.39, 0.29) is 5.82 Å². The predicted octanol–water partition coefficient (Wildman–Crippen LogP) is 2.62. The Morgan fingerprint density at radius 1 is 1.33 bits per heavy atom. The normalized spacial score (nSPS) is 10.5. The summed E-state index contributed by atoms with van der Waals surface area (Å²) in [5.74, 6) is 0.0557. The van der Waals surface area contributed by atoms with Crippen LogP contribution in [0.25, 0.3) is 5.65 Å². The summed E-state index contributed by atoms with van der Waals surface area (Å²) in [5, 5.41) is 3.12. The Labute approximate surface area is 120 Å². The van der Waals surface area contributed by atoms with Crippen LogP contribution in [0.3, 0.4) is 0 Å². The molecule has 1 aromatic carbocycles. The van der Waals surface area contributed by atoms with Gasteiger partial charge in [0, 0.05) is 18.9 Å². The number of imidazole rings is 1. The van der Waals surface area contributed by atoms with Gasteiger partial charge in [0.2, 0.25) is 5.88 Å². The fourth-order valence-corrected chi connectivity index (χ4v) is 2.11. The van der Waals surface area contributed by atoms with Gasteiger partial charge in [0.05, 0.1) is 5.69 Å². The second kappa shape index (κ2) is 5.62. The van der Waals surface area contributed by atoms with Crippen molar-refractivity contribution in [2.75, 3.05) is 5.32 Å². The zero-order chi connectivity index (χ0) is 14.7. The van der Waals surface area contributed by atoms with E-state index in [9.17, 15) is 9.18 Å². The minimum atomic E-state index is -0.288. The van der Waals surface area contributed by atoms with Crippen molar-refractivity contribution in [1.29, 1.82) is 0 Å². The molecule has 6 heteroatoms. The first kappa shape index (κ1) is 13.1. The van der Waals surface area contributed by atoms with Gasteiger partial charge in [-0.2, -0.15) is 0 Å². The SMILES string of the molecule is O=COc1c(NCc2cccc(F)c2)ccc2nccn12. The van der Waals surface area contributed by atoms with E-state index in [0.29, 0.717) is 30.2 Å². The summed E-state index contributed by atoms with van der Waals surface area (Å²) in [4.78, 5) is 14.8. The number of rotatable bonds is 5. The second-order valence-corrected chi connectivity index (χ2v) is 4.41. The molecule has 0 saturated heterocycles. The lowest BCUT2D eigenvalue weighted by molar-refractivity contribution is -0.120. The Bertz CT molecular complexity index is 785.